The summed E-state index contributed by atoms with van der Waals surface area (Å²) in [6, 6.07) is 10.6. The lowest BCUT2D eigenvalue weighted by molar-refractivity contribution is -0.384. The Kier molecular flexibility index (Phi) is 6.19. The summed E-state index contributed by atoms with van der Waals surface area (Å²) in [5.41, 5.74) is -1.06. The van der Waals surface area contributed by atoms with Crippen LogP contribution in [0.1, 0.15) is 12.5 Å². The minimum atomic E-state index is -3.55. The first-order valence-corrected chi connectivity index (χ1v) is 11.0. The molecule has 1 atom stereocenters. The van der Waals surface area contributed by atoms with Crippen molar-refractivity contribution in [3.63, 3.8) is 0 Å². The zero-order valence-corrected chi connectivity index (χ0v) is 18.5. The van der Waals surface area contributed by atoms with Crippen LogP contribution in [-0.4, -0.2) is 61.7 Å². The molecule has 1 heterocycles. The summed E-state index contributed by atoms with van der Waals surface area (Å²) in [5, 5.41) is 13.4. The Hall–Kier alpha value is -3.51. The zero-order chi connectivity index (χ0) is 23.7. The molecule has 2 aromatic rings. The van der Waals surface area contributed by atoms with Gasteiger partial charge < -0.3 is 10.1 Å². The van der Waals surface area contributed by atoms with Gasteiger partial charge in [0.05, 0.1) is 16.4 Å². The highest BCUT2D eigenvalue weighted by atomic mass is 32.2. The van der Waals surface area contributed by atoms with Crippen molar-refractivity contribution >= 4 is 27.6 Å². The molecular formula is C20H22N4O7S. The van der Waals surface area contributed by atoms with E-state index < -0.39 is 32.4 Å². The second-order valence-corrected chi connectivity index (χ2v) is 9.58. The number of hydrogen-bond acceptors (Lipinski definition) is 7. The predicted octanol–water partition coefficient (Wildman–Crippen LogP) is 1.69. The van der Waals surface area contributed by atoms with Gasteiger partial charge in [-0.05, 0) is 48.9 Å². The third-order valence-corrected chi connectivity index (χ3v) is 6.95. The van der Waals surface area contributed by atoms with E-state index in [2.05, 4.69) is 5.32 Å². The normalized spacial score (nSPS) is 18.7. The monoisotopic (exact) mass is 462 g/mol. The number of ether oxygens (including phenoxy) is 1. The maximum atomic E-state index is 12.9. The lowest BCUT2D eigenvalue weighted by Gasteiger charge is -2.22. The first-order valence-electron chi connectivity index (χ1n) is 9.51. The fourth-order valence-corrected chi connectivity index (χ4v) is 4.09. The number of nitrogens with zero attached hydrogens (tertiary/aromatic N) is 3. The van der Waals surface area contributed by atoms with E-state index in [4.69, 9.17) is 4.74 Å². The number of nitro benzene ring substituents is 1. The van der Waals surface area contributed by atoms with Crippen LogP contribution in [0, 0.1) is 10.1 Å². The number of carbonyl (C=O) groups is 2. The Morgan fingerprint density at radius 2 is 1.69 bits per heavy atom. The first-order chi connectivity index (χ1) is 15.0. The molecule has 32 heavy (non-hydrogen) atoms. The number of rotatable bonds is 8. The highest BCUT2D eigenvalue weighted by Gasteiger charge is 2.48. The van der Waals surface area contributed by atoms with Crippen molar-refractivity contribution in [2.24, 2.45) is 0 Å². The molecule has 1 saturated heterocycles. The van der Waals surface area contributed by atoms with Crippen LogP contribution in [0.2, 0.25) is 0 Å². The van der Waals surface area contributed by atoms with Crippen molar-refractivity contribution < 1.29 is 27.7 Å². The van der Waals surface area contributed by atoms with Gasteiger partial charge in [0.1, 0.15) is 17.9 Å². The van der Waals surface area contributed by atoms with Gasteiger partial charge in [-0.1, -0.05) is 0 Å². The van der Waals surface area contributed by atoms with Gasteiger partial charge in [-0.2, -0.15) is 0 Å². The summed E-state index contributed by atoms with van der Waals surface area (Å²) < 4.78 is 30.8. The highest BCUT2D eigenvalue weighted by Crippen LogP contribution is 2.30. The summed E-state index contributed by atoms with van der Waals surface area (Å²) in [6.45, 7) is 1.49. The van der Waals surface area contributed by atoms with E-state index in [-0.39, 0.29) is 23.7 Å². The summed E-state index contributed by atoms with van der Waals surface area (Å²) in [5.74, 6) is -0.125. The van der Waals surface area contributed by atoms with Gasteiger partial charge in [0.2, 0.25) is 10.0 Å². The Balaban J connectivity index is 1.64. The van der Waals surface area contributed by atoms with Crippen molar-refractivity contribution in [3.8, 4) is 5.75 Å². The van der Waals surface area contributed by atoms with Crippen LogP contribution in [-0.2, 0) is 20.4 Å². The molecule has 1 aliphatic rings. The molecule has 0 bridgehead atoms. The Labute approximate surface area is 184 Å². The molecule has 2 aromatic carbocycles. The van der Waals surface area contributed by atoms with E-state index in [0.717, 1.165) is 9.21 Å². The number of non-ortho nitro benzene ring substituents is 1. The fourth-order valence-electron chi connectivity index (χ4n) is 3.19. The van der Waals surface area contributed by atoms with E-state index in [1.807, 2.05) is 0 Å². The molecule has 0 aliphatic carbocycles. The quantitative estimate of drug-likeness (QED) is 0.358. The van der Waals surface area contributed by atoms with Crippen molar-refractivity contribution in [2.45, 2.75) is 17.4 Å². The lowest BCUT2D eigenvalue weighted by atomic mass is 9.92. The first kappa shape index (κ1) is 23.2. The molecule has 1 fully saturated rings. The molecule has 1 unspecified atom stereocenters. The molecule has 11 nitrogen and oxygen atoms in total. The molecule has 170 valence electrons. The molecule has 12 heteroatoms. The third kappa shape index (κ3) is 4.27. The van der Waals surface area contributed by atoms with E-state index in [9.17, 15) is 28.1 Å². The van der Waals surface area contributed by atoms with Gasteiger partial charge in [-0.15, -0.1) is 0 Å². The zero-order valence-electron chi connectivity index (χ0n) is 17.6. The van der Waals surface area contributed by atoms with Gasteiger partial charge in [0.15, 0.2) is 0 Å². The smallest absolute Gasteiger partial charge is 0.325 e. The number of imide groups is 1. The predicted molar refractivity (Wildman–Crippen MR) is 114 cm³/mol. The topological polar surface area (TPSA) is 139 Å². The Morgan fingerprint density at radius 3 is 2.22 bits per heavy atom. The van der Waals surface area contributed by atoms with Gasteiger partial charge >= 0.3 is 6.03 Å². The second-order valence-electron chi connectivity index (χ2n) is 7.42. The van der Waals surface area contributed by atoms with Crippen LogP contribution in [0.15, 0.2) is 53.4 Å². The van der Waals surface area contributed by atoms with Crippen LogP contribution < -0.4 is 10.1 Å². The maximum absolute atomic E-state index is 12.9. The number of amides is 3. The molecule has 0 saturated carbocycles. The average molecular weight is 462 g/mol. The third-order valence-electron chi connectivity index (χ3n) is 5.12. The minimum absolute atomic E-state index is 0.00468. The fraction of sp³-hybridized carbons (Fsp3) is 0.300. The van der Waals surface area contributed by atoms with Crippen molar-refractivity contribution in [1.82, 2.24) is 14.5 Å². The van der Waals surface area contributed by atoms with Crippen LogP contribution in [0.4, 0.5) is 10.5 Å². The number of nitrogens with one attached hydrogen (secondary N) is 1. The number of nitro groups is 1. The van der Waals surface area contributed by atoms with Crippen LogP contribution >= 0.6 is 0 Å². The molecule has 1 aliphatic heterocycles. The van der Waals surface area contributed by atoms with Crippen LogP contribution in [0.3, 0.4) is 0 Å². The SMILES string of the molecule is CN(C)S(=O)(=O)c1ccc(OCCN2C(=O)NC(C)(c3ccc([N+](=O)[O-])cc3)C2=O)cc1. The number of urea groups is 1. The molecule has 3 rings (SSSR count). The maximum Gasteiger partial charge on any atom is 0.325 e. The summed E-state index contributed by atoms with van der Waals surface area (Å²) in [7, 11) is -0.688. The van der Waals surface area contributed by atoms with Gasteiger partial charge in [-0.3, -0.25) is 19.8 Å². The average Bonchev–Trinajstić information content (AvgIpc) is 2.98. The summed E-state index contributed by atoms with van der Waals surface area (Å²) in [4.78, 5) is 36.7. The Bertz CT molecular complexity index is 1150. The van der Waals surface area contributed by atoms with E-state index in [1.165, 1.54) is 69.6 Å². The van der Waals surface area contributed by atoms with Crippen molar-refractivity contribution in [1.29, 1.82) is 0 Å². The summed E-state index contributed by atoms with van der Waals surface area (Å²) in [6.07, 6.45) is 0. The molecule has 0 spiro atoms. The van der Waals surface area contributed by atoms with Crippen molar-refractivity contribution in [3.05, 3.63) is 64.2 Å². The van der Waals surface area contributed by atoms with E-state index in [1.54, 1.807) is 0 Å². The molecule has 0 radical (unpaired) electrons. The molecule has 1 N–H and O–H groups in total. The van der Waals surface area contributed by atoms with Crippen LogP contribution in [0.5, 0.6) is 5.75 Å². The Morgan fingerprint density at radius 1 is 1.09 bits per heavy atom. The highest BCUT2D eigenvalue weighted by molar-refractivity contribution is 7.89. The lowest BCUT2D eigenvalue weighted by Crippen LogP contribution is -2.41. The second kappa shape index (κ2) is 8.55. The number of hydrogen-bond donors (Lipinski definition) is 1. The standard InChI is InChI=1S/C20H22N4O7S/c1-20(14-4-6-15(7-5-14)24(27)28)18(25)23(19(26)21-20)12-13-31-16-8-10-17(11-9-16)32(29,30)22(2)3/h4-11H,12-13H2,1-3H3,(H,21,26). The molecule has 0 aromatic heterocycles. The summed E-state index contributed by atoms with van der Waals surface area (Å²) >= 11 is 0. The minimum Gasteiger partial charge on any atom is -0.492 e. The van der Waals surface area contributed by atoms with Gasteiger partial charge in [-0.25, -0.2) is 17.5 Å². The number of benzene rings is 2. The van der Waals surface area contributed by atoms with Gasteiger partial charge in [0, 0.05) is 26.2 Å². The molecular weight excluding hydrogens is 440 g/mol. The van der Waals surface area contributed by atoms with Crippen molar-refractivity contribution in [2.75, 3.05) is 27.2 Å². The van der Waals surface area contributed by atoms with E-state index >= 15 is 0 Å². The largest absolute Gasteiger partial charge is 0.492 e. The molecule has 3 amide bonds. The van der Waals surface area contributed by atoms with Crippen LogP contribution in [0.25, 0.3) is 0 Å². The van der Waals surface area contributed by atoms with Gasteiger partial charge in [0.25, 0.3) is 11.6 Å². The van der Waals surface area contributed by atoms with E-state index in [0.29, 0.717) is 11.3 Å². The number of sulfonamides is 1. The number of carbonyl (C=O) groups excluding carboxylic acids is 2.